The lowest BCUT2D eigenvalue weighted by molar-refractivity contribution is 0.0746. The second-order valence-corrected chi connectivity index (χ2v) is 6.08. The third kappa shape index (κ3) is 4.37. The van der Waals surface area contributed by atoms with Gasteiger partial charge in [-0.3, -0.25) is 4.79 Å². The minimum Gasteiger partial charge on any atom is -0.333 e. The number of amides is 1. The van der Waals surface area contributed by atoms with Crippen molar-refractivity contribution in [1.82, 2.24) is 14.9 Å². The highest BCUT2D eigenvalue weighted by Crippen LogP contribution is 2.23. The Balaban J connectivity index is 1.77. The van der Waals surface area contributed by atoms with Crippen LogP contribution in [0.1, 0.15) is 23.0 Å². The van der Waals surface area contributed by atoms with E-state index in [1.165, 1.54) is 0 Å². The van der Waals surface area contributed by atoms with Crippen LogP contribution in [-0.4, -0.2) is 27.3 Å². The molecule has 0 saturated heterocycles. The normalized spacial score (nSPS) is 10.4. The third-order valence-electron chi connectivity index (χ3n) is 3.88. The Morgan fingerprint density at radius 3 is 2.54 bits per heavy atom. The summed E-state index contributed by atoms with van der Waals surface area (Å²) in [4.78, 5) is 23.1. The molecule has 0 aliphatic heterocycles. The molecular weight excluding hydrogens is 348 g/mol. The summed E-state index contributed by atoms with van der Waals surface area (Å²) >= 11 is 6.15. The van der Waals surface area contributed by atoms with Crippen LogP contribution < -0.4 is 5.32 Å². The molecule has 0 saturated carbocycles. The predicted octanol–water partition coefficient (Wildman–Crippen LogP) is 4.54. The first kappa shape index (κ1) is 17.9. The van der Waals surface area contributed by atoms with Crippen LogP contribution in [-0.2, 0) is 6.54 Å². The summed E-state index contributed by atoms with van der Waals surface area (Å²) in [5.41, 5.74) is 2.11. The number of aromatic nitrogens is 2. The fourth-order valence-corrected chi connectivity index (χ4v) is 2.70. The number of carbonyl (C=O) groups is 1. The number of nitrogens with one attached hydrogen (secondary N) is 1. The van der Waals surface area contributed by atoms with Crippen LogP contribution in [0.2, 0.25) is 5.02 Å². The molecule has 132 valence electrons. The molecule has 1 amide bonds. The number of benzene rings is 2. The summed E-state index contributed by atoms with van der Waals surface area (Å²) in [6, 6.07) is 18.8. The molecule has 0 aliphatic carbocycles. The summed E-state index contributed by atoms with van der Waals surface area (Å²) in [7, 11) is 0. The lowest BCUT2D eigenvalue weighted by Crippen LogP contribution is -2.31. The zero-order chi connectivity index (χ0) is 18.4. The van der Waals surface area contributed by atoms with Gasteiger partial charge in [-0.25, -0.2) is 9.97 Å². The van der Waals surface area contributed by atoms with E-state index in [-0.39, 0.29) is 5.91 Å². The Labute approximate surface area is 157 Å². The van der Waals surface area contributed by atoms with Gasteiger partial charge >= 0.3 is 0 Å². The predicted molar refractivity (Wildman–Crippen MR) is 104 cm³/mol. The summed E-state index contributed by atoms with van der Waals surface area (Å²) < 4.78 is 0. The first-order valence-corrected chi connectivity index (χ1v) is 8.73. The van der Waals surface area contributed by atoms with E-state index in [4.69, 9.17) is 11.6 Å². The first-order chi connectivity index (χ1) is 12.7. The van der Waals surface area contributed by atoms with Gasteiger partial charge in [0, 0.05) is 19.3 Å². The average molecular weight is 367 g/mol. The fourth-order valence-electron chi connectivity index (χ4n) is 2.51. The summed E-state index contributed by atoms with van der Waals surface area (Å²) in [5.74, 6) is 0.195. The molecule has 2 aromatic carbocycles. The Hall–Kier alpha value is -2.92. The zero-order valence-corrected chi connectivity index (χ0v) is 15.1. The fraction of sp³-hybridized carbons (Fsp3) is 0.150. The highest BCUT2D eigenvalue weighted by molar-refractivity contribution is 6.33. The van der Waals surface area contributed by atoms with Crippen molar-refractivity contribution in [3.8, 4) is 0 Å². The number of rotatable bonds is 6. The van der Waals surface area contributed by atoms with E-state index >= 15 is 0 Å². The largest absolute Gasteiger partial charge is 0.333 e. The van der Waals surface area contributed by atoms with Crippen molar-refractivity contribution >= 4 is 29.1 Å². The SMILES string of the molecule is CCN(Cc1ccccc1)C(=O)c1ccnc(Nc2ccccc2Cl)n1. The summed E-state index contributed by atoms with van der Waals surface area (Å²) in [5, 5.41) is 3.61. The molecule has 0 atom stereocenters. The van der Waals surface area contributed by atoms with E-state index < -0.39 is 0 Å². The second kappa shape index (κ2) is 8.45. The standard InChI is InChI=1S/C20H19ClN4O/c1-2-25(14-15-8-4-3-5-9-15)19(26)18-12-13-22-20(24-18)23-17-11-7-6-10-16(17)21/h3-13H,2,14H2,1H3,(H,22,23,24). The van der Waals surface area contributed by atoms with Crippen LogP contribution >= 0.6 is 11.6 Å². The number of nitrogens with zero attached hydrogens (tertiary/aromatic N) is 3. The van der Waals surface area contributed by atoms with Crippen LogP contribution in [0.5, 0.6) is 0 Å². The second-order valence-electron chi connectivity index (χ2n) is 5.68. The molecule has 26 heavy (non-hydrogen) atoms. The maximum Gasteiger partial charge on any atom is 0.272 e. The van der Waals surface area contributed by atoms with Crippen LogP contribution in [0.15, 0.2) is 66.9 Å². The third-order valence-corrected chi connectivity index (χ3v) is 4.21. The van der Waals surface area contributed by atoms with E-state index in [9.17, 15) is 4.79 Å². The van der Waals surface area contributed by atoms with Crippen LogP contribution in [0.25, 0.3) is 0 Å². The van der Waals surface area contributed by atoms with Crippen molar-refractivity contribution < 1.29 is 4.79 Å². The first-order valence-electron chi connectivity index (χ1n) is 8.35. The molecule has 1 N–H and O–H groups in total. The van der Waals surface area contributed by atoms with E-state index in [0.29, 0.717) is 35.4 Å². The Morgan fingerprint density at radius 2 is 1.81 bits per heavy atom. The lowest BCUT2D eigenvalue weighted by atomic mass is 10.2. The number of halogens is 1. The van der Waals surface area contributed by atoms with Gasteiger partial charge in [0.1, 0.15) is 5.69 Å². The zero-order valence-electron chi connectivity index (χ0n) is 14.4. The lowest BCUT2D eigenvalue weighted by Gasteiger charge is -2.20. The quantitative estimate of drug-likeness (QED) is 0.696. The molecule has 6 heteroatoms. The van der Waals surface area contributed by atoms with Gasteiger partial charge in [-0.1, -0.05) is 54.1 Å². The van der Waals surface area contributed by atoms with Gasteiger partial charge in [-0.2, -0.15) is 0 Å². The van der Waals surface area contributed by atoms with Gasteiger partial charge < -0.3 is 10.2 Å². The Kier molecular flexibility index (Phi) is 5.81. The highest BCUT2D eigenvalue weighted by atomic mass is 35.5. The Bertz CT molecular complexity index is 886. The van der Waals surface area contributed by atoms with Crippen LogP contribution in [0, 0.1) is 0 Å². The average Bonchev–Trinajstić information content (AvgIpc) is 2.68. The van der Waals surface area contributed by atoms with Gasteiger partial charge in [0.05, 0.1) is 10.7 Å². The molecule has 1 heterocycles. The maximum absolute atomic E-state index is 12.8. The van der Waals surface area contributed by atoms with E-state index in [1.807, 2.05) is 55.5 Å². The number of hydrogen-bond acceptors (Lipinski definition) is 4. The van der Waals surface area contributed by atoms with Gasteiger partial charge in [-0.05, 0) is 30.7 Å². The minimum atomic E-state index is -0.138. The molecule has 5 nitrogen and oxygen atoms in total. The molecule has 0 bridgehead atoms. The topological polar surface area (TPSA) is 58.1 Å². The Morgan fingerprint density at radius 1 is 1.08 bits per heavy atom. The van der Waals surface area contributed by atoms with Crippen LogP contribution in [0.4, 0.5) is 11.6 Å². The molecule has 3 aromatic rings. The molecule has 0 fully saturated rings. The van der Waals surface area contributed by atoms with Crippen molar-refractivity contribution in [3.05, 3.63) is 83.1 Å². The molecule has 1 aromatic heterocycles. The highest BCUT2D eigenvalue weighted by Gasteiger charge is 2.17. The van der Waals surface area contributed by atoms with Crippen molar-refractivity contribution in [1.29, 1.82) is 0 Å². The summed E-state index contributed by atoms with van der Waals surface area (Å²) in [6.07, 6.45) is 1.57. The van der Waals surface area contributed by atoms with Crippen molar-refractivity contribution in [2.75, 3.05) is 11.9 Å². The van der Waals surface area contributed by atoms with Crippen molar-refractivity contribution in [2.45, 2.75) is 13.5 Å². The number of carbonyl (C=O) groups excluding carboxylic acids is 1. The van der Waals surface area contributed by atoms with Gasteiger partial charge in [0.15, 0.2) is 0 Å². The number of anilines is 2. The van der Waals surface area contributed by atoms with E-state index in [0.717, 1.165) is 5.56 Å². The van der Waals surface area contributed by atoms with Crippen molar-refractivity contribution in [3.63, 3.8) is 0 Å². The smallest absolute Gasteiger partial charge is 0.272 e. The molecule has 0 spiro atoms. The number of para-hydroxylation sites is 1. The molecule has 0 unspecified atom stereocenters. The molecular formula is C20H19ClN4O. The molecule has 0 aliphatic rings. The van der Waals surface area contributed by atoms with Crippen molar-refractivity contribution in [2.24, 2.45) is 0 Å². The van der Waals surface area contributed by atoms with Gasteiger partial charge in [0.25, 0.3) is 5.91 Å². The number of hydrogen-bond donors (Lipinski definition) is 1. The van der Waals surface area contributed by atoms with E-state index in [1.54, 1.807) is 23.2 Å². The monoisotopic (exact) mass is 366 g/mol. The summed E-state index contributed by atoms with van der Waals surface area (Å²) in [6.45, 7) is 3.07. The van der Waals surface area contributed by atoms with Crippen LogP contribution in [0.3, 0.4) is 0 Å². The molecule has 0 radical (unpaired) electrons. The van der Waals surface area contributed by atoms with Gasteiger partial charge in [0.2, 0.25) is 5.95 Å². The van der Waals surface area contributed by atoms with E-state index in [2.05, 4.69) is 15.3 Å². The maximum atomic E-state index is 12.8. The minimum absolute atomic E-state index is 0.138. The molecule has 3 rings (SSSR count). The van der Waals surface area contributed by atoms with Gasteiger partial charge in [-0.15, -0.1) is 0 Å².